The van der Waals surface area contributed by atoms with Gasteiger partial charge in [-0.2, -0.15) is 8.42 Å². The molecule has 0 aliphatic carbocycles. The molecule has 0 N–H and O–H groups in total. The Balaban J connectivity index is 2.41. The molecule has 0 fully saturated rings. The van der Waals surface area contributed by atoms with E-state index >= 15 is 0 Å². The average Bonchev–Trinajstić information content (AvgIpc) is 2.39. The Bertz CT molecular complexity index is 646. The lowest BCUT2D eigenvalue weighted by molar-refractivity contribution is 0.484. The van der Waals surface area contributed by atoms with Gasteiger partial charge in [0.05, 0.1) is 0 Å². The van der Waals surface area contributed by atoms with Crippen LogP contribution in [0.2, 0.25) is 0 Å². The van der Waals surface area contributed by atoms with E-state index in [4.69, 9.17) is 4.18 Å². The van der Waals surface area contributed by atoms with Crippen molar-refractivity contribution in [1.29, 1.82) is 0 Å². The number of hydrogen-bond donors (Lipinski definition) is 0. The number of para-hydroxylation sites is 1. The van der Waals surface area contributed by atoms with Crippen LogP contribution >= 0.6 is 0 Å². The van der Waals surface area contributed by atoms with Crippen LogP contribution in [0.15, 0.2) is 59.5 Å². The Hall–Kier alpha value is -1.81. The molecule has 2 rings (SSSR count). The van der Waals surface area contributed by atoms with Gasteiger partial charge in [0.1, 0.15) is 10.6 Å². The van der Waals surface area contributed by atoms with Crippen molar-refractivity contribution in [3.8, 4) is 5.75 Å². The lowest BCUT2D eigenvalue weighted by Gasteiger charge is -2.13. The summed E-state index contributed by atoms with van der Waals surface area (Å²) in [6.07, 6.45) is 0. The molecule has 0 saturated heterocycles. The molecule has 0 heterocycles. The average molecular weight is 276 g/mol. The van der Waals surface area contributed by atoms with Gasteiger partial charge in [0, 0.05) is 0 Å². The minimum Gasteiger partial charge on any atom is -0.379 e. The van der Waals surface area contributed by atoms with Crippen molar-refractivity contribution in [3.63, 3.8) is 0 Å². The zero-order valence-corrected chi connectivity index (χ0v) is 11.7. The molecule has 2 aromatic carbocycles. The van der Waals surface area contributed by atoms with Crippen molar-refractivity contribution < 1.29 is 12.6 Å². The Morgan fingerprint density at radius 2 is 1.47 bits per heavy atom. The standard InChI is InChI=1S/C15H16O3S/c1-12(2)14-10-6-7-11-15(14)19(16,17)18-13-8-4-3-5-9-13/h3-12H,1-2H3. The molecule has 0 atom stereocenters. The molecule has 0 aliphatic rings. The van der Waals surface area contributed by atoms with E-state index in [1.54, 1.807) is 36.4 Å². The van der Waals surface area contributed by atoms with Crippen molar-refractivity contribution >= 4 is 10.1 Å². The Kier molecular flexibility index (Phi) is 3.90. The van der Waals surface area contributed by atoms with E-state index in [1.165, 1.54) is 0 Å². The van der Waals surface area contributed by atoms with Crippen LogP contribution < -0.4 is 4.18 Å². The van der Waals surface area contributed by atoms with E-state index in [0.29, 0.717) is 5.75 Å². The molecule has 0 bridgehead atoms. The Morgan fingerprint density at radius 1 is 0.895 bits per heavy atom. The fraction of sp³-hybridized carbons (Fsp3) is 0.200. The van der Waals surface area contributed by atoms with Crippen molar-refractivity contribution in [2.75, 3.05) is 0 Å². The second-order valence-electron chi connectivity index (χ2n) is 4.54. The largest absolute Gasteiger partial charge is 0.379 e. The molecule has 0 unspecified atom stereocenters. The van der Waals surface area contributed by atoms with Gasteiger partial charge < -0.3 is 4.18 Å². The first-order valence-electron chi connectivity index (χ1n) is 6.09. The van der Waals surface area contributed by atoms with E-state index in [-0.39, 0.29) is 10.8 Å². The lowest BCUT2D eigenvalue weighted by atomic mass is 10.0. The topological polar surface area (TPSA) is 43.4 Å². The van der Waals surface area contributed by atoms with Gasteiger partial charge in [-0.15, -0.1) is 0 Å². The molecule has 19 heavy (non-hydrogen) atoms. The highest BCUT2D eigenvalue weighted by Gasteiger charge is 2.21. The van der Waals surface area contributed by atoms with Crippen LogP contribution in [0.3, 0.4) is 0 Å². The van der Waals surface area contributed by atoms with Crippen LogP contribution in [0.4, 0.5) is 0 Å². The van der Waals surface area contributed by atoms with Crippen molar-refractivity contribution in [2.45, 2.75) is 24.7 Å². The first-order valence-corrected chi connectivity index (χ1v) is 7.50. The first-order chi connectivity index (χ1) is 9.00. The van der Waals surface area contributed by atoms with Gasteiger partial charge in [-0.1, -0.05) is 50.2 Å². The third-order valence-electron chi connectivity index (χ3n) is 2.76. The van der Waals surface area contributed by atoms with Crippen molar-refractivity contribution in [2.24, 2.45) is 0 Å². The van der Waals surface area contributed by atoms with E-state index < -0.39 is 10.1 Å². The number of hydrogen-bond acceptors (Lipinski definition) is 3. The van der Waals surface area contributed by atoms with Gasteiger partial charge in [-0.25, -0.2) is 0 Å². The second kappa shape index (κ2) is 5.45. The lowest BCUT2D eigenvalue weighted by Crippen LogP contribution is -2.12. The first kappa shape index (κ1) is 13.6. The summed E-state index contributed by atoms with van der Waals surface area (Å²) in [5.74, 6) is 0.436. The normalized spacial score (nSPS) is 11.5. The molecule has 0 aromatic heterocycles. The smallest absolute Gasteiger partial charge is 0.339 e. The number of benzene rings is 2. The highest BCUT2D eigenvalue weighted by Crippen LogP contribution is 2.26. The highest BCUT2D eigenvalue weighted by atomic mass is 32.2. The summed E-state index contributed by atoms with van der Waals surface area (Å²) in [7, 11) is -3.79. The second-order valence-corrected chi connectivity index (χ2v) is 6.06. The summed E-state index contributed by atoms with van der Waals surface area (Å²) in [6.45, 7) is 3.91. The molecule has 0 aliphatic heterocycles. The van der Waals surface area contributed by atoms with Gasteiger partial charge in [-0.05, 0) is 29.7 Å². The van der Waals surface area contributed by atoms with Gasteiger partial charge in [0.15, 0.2) is 0 Å². The molecule has 0 radical (unpaired) electrons. The van der Waals surface area contributed by atoms with Crippen molar-refractivity contribution in [1.82, 2.24) is 0 Å². The predicted octanol–water partition coefficient (Wildman–Crippen LogP) is 3.58. The van der Waals surface area contributed by atoms with Gasteiger partial charge in [-0.3, -0.25) is 0 Å². The van der Waals surface area contributed by atoms with E-state index in [1.807, 2.05) is 32.0 Å². The van der Waals surface area contributed by atoms with Gasteiger partial charge >= 0.3 is 10.1 Å². The maximum Gasteiger partial charge on any atom is 0.339 e. The molecular formula is C15H16O3S. The molecule has 4 heteroatoms. The van der Waals surface area contributed by atoms with E-state index in [2.05, 4.69) is 0 Å². The summed E-state index contributed by atoms with van der Waals surface area (Å²) in [6, 6.07) is 15.4. The summed E-state index contributed by atoms with van der Waals surface area (Å²) in [5, 5.41) is 0. The van der Waals surface area contributed by atoms with Crippen LogP contribution in [0, 0.1) is 0 Å². The van der Waals surface area contributed by atoms with Crippen LogP contribution in [0.1, 0.15) is 25.3 Å². The zero-order chi connectivity index (χ0) is 13.9. The van der Waals surface area contributed by atoms with Crippen LogP contribution in [0.5, 0.6) is 5.75 Å². The third kappa shape index (κ3) is 3.15. The Morgan fingerprint density at radius 3 is 2.11 bits per heavy atom. The minimum absolute atomic E-state index is 0.116. The van der Waals surface area contributed by atoms with Crippen molar-refractivity contribution in [3.05, 3.63) is 60.2 Å². The van der Waals surface area contributed by atoms with E-state index in [0.717, 1.165) is 5.56 Å². The number of rotatable bonds is 4. The fourth-order valence-electron chi connectivity index (χ4n) is 1.83. The van der Waals surface area contributed by atoms with Gasteiger partial charge in [0.2, 0.25) is 0 Å². The fourth-order valence-corrected chi connectivity index (χ4v) is 3.12. The summed E-state index contributed by atoms with van der Waals surface area (Å²) >= 11 is 0. The zero-order valence-electron chi connectivity index (χ0n) is 10.9. The molecule has 100 valence electrons. The molecule has 0 amide bonds. The molecule has 0 spiro atoms. The molecular weight excluding hydrogens is 260 g/mol. The third-order valence-corrected chi connectivity index (χ3v) is 4.08. The van der Waals surface area contributed by atoms with Gasteiger partial charge in [0.25, 0.3) is 0 Å². The highest BCUT2D eigenvalue weighted by molar-refractivity contribution is 7.87. The SMILES string of the molecule is CC(C)c1ccccc1S(=O)(=O)Oc1ccccc1. The summed E-state index contributed by atoms with van der Waals surface area (Å²) in [4.78, 5) is 0.230. The molecule has 3 nitrogen and oxygen atoms in total. The molecule has 0 saturated carbocycles. The maximum atomic E-state index is 12.3. The summed E-state index contributed by atoms with van der Waals surface area (Å²) in [5.41, 5.74) is 0.762. The van der Waals surface area contributed by atoms with Crippen LogP contribution in [0.25, 0.3) is 0 Å². The Labute approximate surface area is 114 Å². The minimum atomic E-state index is -3.79. The predicted molar refractivity (Wildman–Crippen MR) is 74.8 cm³/mol. The molecule has 2 aromatic rings. The maximum absolute atomic E-state index is 12.3. The van der Waals surface area contributed by atoms with E-state index in [9.17, 15) is 8.42 Å². The summed E-state index contributed by atoms with van der Waals surface area (Å²) < 4.78 is 29.8. The quantitative estimate of drug-likeness (QED) is 0.802. The monoisotopic (exact) mass is 276 g/mol. The van der Waals surface area contributed by atoms with Crippen LogP contribution in [-0.4, -0.2) is 8.42 Å². The van der Waals surface area contributed by atoms with Crippen LogP contribution in [-0.2, 0) is 10.1 Å².